The molecule has 4 nitrogen and oxygen atoms in total. The number of pyridine rings is 1. The van der Waals surface area contributed by atoms with E-state index in [2.05, 4.69) is 11.9 Å². The predicted octanol–water partition coefficient (Wildman–Crippen LogP) is 2.59. The summed E-state index contributed by atoms with van der Waals surface area (Å²) in [6.45, 7) is 2.88. The first-order chi connectivity index (χ1) is 9.19. The van der Waals surface area contributed by atoms with Gasteiger partial charge in [0.2, 0.25) is 5.91 Å². The first kappa shape index (κ1) is 15.6. The third-order valence-corrected chi connectivity index (χ3v) is 3.45. The highest BCUT2D eigenvalue weighted by atomic mass is 16.2. The Balaban J connectivity index is 2.45. The van der Waals surface area contributed by atoms with Crippen molar-refractivity contribution in [3.05, 3.63) is 24.5 Å². The summed E-state index contributed by atoms with van der Waals surface area (Å²) >= 11 is 0. The van der Waals surface area contributed by atoms with Crippen LogP contribution in [0, 0.1) is 5.92 Å². The first-order valence-electron chi connectivity index (χ1n) is 7.05. The van der Waals surface area contributed by atoms with Crippen LogP contribution >= 0.6 is 0 Å². The zero-order valence-corrected chi connectivity index (χ0v) is 12.0. The summed E-state index contributed by atoms with van der Waals surface area (Å²) in [6, 6.07) is 3.74. The Morgan fingerprint density at radius 1 is 1.42 bits per heavy atom. The van der Waals surface area contributed by atoms with Gasteiger partial charge in [0.25, 0.3) is 0 Å². The molecule has 1 aromatic rings. The number of amides is 1. The SMILES string of the molecule is CCCC(CCN)CCC(=O)N(C)c1cccnc1. The van der Waals surface area contributed by atoms with Crippen LogP contribution in [0.3, 0.4) is 0 Å². The van der Waals surface area contributed by atoms with Crippen molar-refractivity contribution in [2.75, 3.05) is 18.5 Å². The van der Waals surface area contributed by atoms with Crippen LogP contribution < -0.4 is 10.6 Å². The molecule has 0 spiro atoms. The molecule has 106 valence electrons. The molecule has 1 amide bonds. The topological polar surface area (TPSA) is 59.2 Å². The van der Waals surface area contributed by atoms with E-state index in [-0.39, 0.29) is 5.91 Å². The molecule has 0 saturated carbocycles. The van der Waals surface area contributed by atoms with E-state index in [4.69, 9.17) is 5.73 Å². The molecule has 0 aliphatic heterocycles. The van der Waals surface area contributed by atoms with Gasteiger partial charge in [0, 0.05) is 19.7 Å². The molecule has 1 aromatic heterocycles. The minimum Gasteiger partial charge on any atom is -0.330 e. The van der Waals surface area contributed by atoms with Crippen LogP contribution in [0.1, 0.15) is 39.0 Å². The molecule has 4 heteroatoms. The fraction of sp³-hybridized carbons (Fsp3) is 0.600. The van der Waals surface area contributed by atoms with Gasteiger partial charge in [-0.25, -0.2) is 0 Å². The van der Waals surface area contributed by atoms with Gasteiger partial charge in [-0.2, -0.15) is 0 Å². The molecule has 19 heavy (non-hydrogen) atoms. The highest BCUT2D eigenvalue weighted by Crippen LogP contribution is 2.19. The van der Waals surface area contributed by atoms with Gasteiger partial charge in [-0.1, -0.05) is 19.8 Å². The standard InChI is InChI=1S/C15H25N3O/c1-3-5-13(9-10-16)7-8-15(19)18(2)14-6-4-11-17-12-14/h4,6,11-13H,3,5,7-10,16H2,1-2H3. The van der Waals surface area contributed by atoms with Gasteiger partial charge in [0.05, 0.1) is 11.9 Å². The summed E-state index contributed by atoms with van der Waals surface area (Å²) in [5, 5.41) is 0. The van der Waals surface area contributed by atoms with Crippen molar-refractivity contribution in [1.29, 1.82) is 0 Å². The van der Waals surface area contributed by atoms with Crippen molar-refractivity contribution in [2.24, 2.45) is 11.7 Å². The maximum Gasteiger partial charge on any atom is 0.226 e. The number of carbonyl (C=O) groups is 1. The molecule has 0 radical (unpaired) electrons. The van der Waals surface area contributed by atoms with Crippen LogP contribution in [0.2, 0.25) is 0 Å². The van der Waals surface area contributed by atoms with Crippen molar-refractivity contribution in [2.45, 2.75) is 39.0 Å². The second-order valence-corrected chi connectivity index (χ2v) is 4.93. The van der Waals surface area contributed by atoms with Gasteiger partial charge in [-0.3, -0.25) is 9.78 Å². The monoisotopic (exact) mass is 263 g/mol. The predicted molar refractivity (Wildman–Crippen MR) is 79.0 cm³/mol. The number of nitrogens with two attached hydrogens (primary N) is 1. The van der Waals surface area contributed by atoms with E-state index in [1.807, 2.05) is 12.1 Å². The lowest BCUT2D eigenvalue weighted by atomic mass is 9.94. The normalized spacial score (nSPS) is 12.2. The second kappa shape index (κ2) is 8.64. The molecule has 1 rings (SSSR count). The molecule has 0 saturated heterocycles. The van der Waals surface area contributed by atoms with Gasteiger partial charge in [0.15, 0.2) is 0 Å². The van der Waals surface area contributed by atoms with E-state index in [0.29, 0.717) is 18.9 Å². The molecule has 1 atom stereocenters. The Morgan fingerprint density at radius 2 is 2.21 bits per heavy atom. The Hall–Kier alpha value is -1.42. The molecule has 0 aliphatic carbocycles. The molecule has 0 aromatic carbocycles. The van der Waals surface area contributed by atoms with Crippen LogP contribution in [0.25, 0.3) is 0 Å². The van der Waals surface area contributed by atoms with Crippen LogP contribution in [0.15, 0.2) is 24.5 Å². The van der Waals surface area contributed by atoms with Gasteiger partial charge >= 0.3 is 0 Å². The van der Waals surface area contributed by atoms with Gasteiger partial charge in [-0.05, 0) is 37.4 Å². The summed E-state index contributed by atoms with van der Waals surface area (Å²) in [7, 11) is 1.80. The van der Waals surface area contributed by atoms with Crippen LogP contribution in [0.5, 0.6) is 0 Å². The molecule has 1 heterocycles. The lowest BCUT2D eigenvalue weighted by Crippen LogP contribution is -2.26. The van der Waals surface area contributed by atoms with Gasteiger partial charge in [-0.15, -0.1) is 0 Å². The Morgan fingerprint density at radius 3 is 2.79 bits per heavy atom. The lowest BCUT2D eigenvalue weighted by molar-refractivity contribution is -0.118. The summed E-state index contributed by atoms with van der Waals surface area (Å²) < 4.78 is 0. The van der Waals surface area contributed by atoms with Gasteiger partial charge < -0.3 is 10.6 Å². The van der Waals surface area contributed by atoms with E-state index < -0.39 is 0 Å². The molecule has 0 aliphatic rings. The van der Waals surface area contributed by atoms with Crippen LogP contribution in [-0.2, 0) is 4.79 Å². The maximum absolute atomic E-state index is 12.1. The van der Waals surface area contributed by atoms with Crippen LogP contribution in [0.4, 0.5) is 5.69 Å². The molecular formula is C15H25N3O. The minimum atomic E-state index is 0.145. The van der Waals surface area contributed by atoms with Crippen molar-refractivity contribution < 1.29 is 4.79 Å². The fourth-order valence-electron chi connectivity index (χ4n) is 2.27. The summed E-state index contributed by atoms with van der Waals surface area (Å²) in [5.41, 5.74) is 6.46. The summed E-state index contributed by atoms with van der Waals surface area (Å²) in [4.78, 5) is 17.8. The van der Waals surface area contributed by atoms with Crippen molar-refractivity contribution >= 4 is 11.6 Å². The molecule has 2 N–H and O–H groups in total. The van der Waals surface area contributed by atoms with Crippen molar-refractivity contribution in [3.63, 3.8) is 0 Å². The molecule has 1 unspecified atom stereocenters. The Labute approximate surface area is 116 Å². The quantitative estimate of drug-likeness (QED) is 0.784. The molecule has 0 bridgehead atoms. The number of carbonyl (C=O) groups excluding carboxylic acids is 1. The lowest BCUT2D eigenvalue weighted by Gasteiger charge is -2.19. The number of hydrogen-bond donors (Lipinski definition) is 1. The minimum absolute atomic E-state index is 0.145. The van der Waals surface area contributed by atoms with E-state index in [1.165, 1.54) is 0 Å². The number of aromatic nitrogens is 1. The average molecular weight is 263 g/mol. The average Bonchev–Trinajstić information content (AvgIpc) is 2.45. The number of rotatable bonds is 8. The first-order valence-corrected chi connectivity index (χ1v) is 7.05. The Bertz CT molecular complexity index is 361. The van der Waals surface area contributed by atoms with E-state index >= 15 is 0 Å². The largest absolute Gasteiger partial charge is 0.330 e. The number of hydrogen-bond acceptors (Lipinski definition) is 3. The fourth-order valence-corrected chi connectivity index (χ4v) is 2.27. The van der Waals surface area contributed by atoms with Crippen molar-refractivity contribution in [1.82, 2.24) is 4.98 Å². The van der Waals surface area contributed by atoms with E-state index in [1.54, 1.807) is 24.3 Å². The zero-order chi connectivity index (χ0) is 14.1. The van der Waals surface area contributed by atoms with Crippen molar-refractivity contribution in [3.8, 4) is 0 Å². The highest BCUT2D eigenvalue weighted by molar-refractivity contribution is 5.92. The third kappa shape index (κ3) is 5.39. The Kier molecular flexibility index (Phi) is 7.11. The van der Waals surface area contributed by atoms with Crippen LogP contribution in [-0.4, -0.2) is 24.5 Å². The highest BCUT2D eigenvalue weighted by Gasteiger charge is 2.14. The number of nitrogens with zero attached hydrogens (tertiary/aromatic N) is 2. The zero-order valence-electron chi connectivity index (χ0n) is 12.0. The van der Waals surface area contributed by atoms with E-state index in [0.717, 1.165) is 31.4 Å². The molecule has 0 fully saturated rings. The second-order valence-electron chi connectivity index (χ2n) is 4.93. The smallest absolute Gasteiger partial charge is 0.226 e. The van der Waals surface area contributed by atoms with Gasteiger partial charge in [0.1, 0.15) is 0 Å². The molecular weight excluding hydrogens is 238 g/mol. The summed E-state index contributed by atoms with van der Waals surface area (Å²) in [6.07, 6.45) is 8.24. The number of anilines is 1. The van der Waals surface area contributed by atoms with E-state index in [9.17, 15) is 4.79 Å². The maximum atomic E-state index is 12.1. The summed E-state index contributed by atoms with van der Waals surface area (Å²) in [5.74, 6) is 0.715. The third-order valence-electron chi connectivity index (χ3n) is 3.45.